The second-order valence-electron chi connectivity index (χ2n) is 4.08. The van der Waals surface area contributed by atoms with E-state index < -0.39 is 0 Å². The molecule has 1 aromatic carbocycles. The van der Waals surface area contributed by atoms with Crippen LogP contribution in [-0.4, -0.2) is 6.04 Å². The van der Waals surface area contributed by atoms with E-state index in [9.17, 15) is 0 Å². The summed E-state index contributed by atoms with van der Waals surface area (Å²) in [5.41, 5.74) is 1.32. The summed E-state index contributed by atoms with van der Waals surface area (Å²) in [7, 11) is 0. The van der Waals surface area contributed by atoms with Gasteiger partial charge >= 0.3 is 0 Å². The van der Waals surface area contributed by atoms with Crippen molar-refractivity contribution in [3.8, 4) is 0 Å². The largest absolute Gasteiger partial charge is 0.307 e. The molecule has 0 aliphatic carbocycles. The van der Waals surface area contributed by atoms with E-state index in [1.165, 1.54) is 5.56 Å². The van der Waals surface area contributed by atoms with Gasteiger partial charge in [0.25, 0.3) is 0 Å². The van der Waals surface area contributed by atoms with Gasteiger partial charge in [0.1, 0.15) is 0 Å². The van der Waals surface area contributed by atoms with Crippen LogP contribution in [0.4, 0.5) is 0 Å². The first-order valence-corrected chi connectivity index (χ1v) is 5.80. The number of benzene rings is 1. The third-order valence-electron chi connectivity index (χ3n) is 2.61. The molecule has 1 nitrogen and oxygen atoms in total. The van der Waals surface area contributed by atoms with Crippen LogP contribution in [0.1, 0.15) is 31.4 Å². The molecule has 0 spiro atoms. The van der Waals surface area contributed by atoms with Crippen molar-refractivity contribution in [3.63, 3.8) is 0 Å². The minimum Gasteiger partial charge on any atom is -0.307 e. The Bertz CT molecular complexity index is 315. The molecule has 1 N–H and O–H groups in total. The highest BCUT2D eigenvalue weighted by Gasteiger charge is 2.11. The fourth-order valence-corrected chi connectivity index (χ4v) is 1.81. The SMILES string of the molecule is C=CCC(C)NC(CC=C)c1ccccc1. The van der Waals surface area contributed by atoms with Gasteiger partial charge in [0.2, 0.25) is 0 Å². The third kappa shape index (κ3) is 4.03. The molecule has 2 atom stereocenters. The molecule has 0 aliphatic rings. The van der Waals surface area contributed by atoms with E-state index in [1.807, 2.05) is 18.2 Å². The van der Waals surface area contributed by atoms with Crippen LogP contribution in [0.5, 0.6) is 0 Å². The molecule has 0 amide bonds. The molecule has 1 heteroatoms. The zero-order chi connectivity index (χ0) is 11.8. The fraction of sp³-hybridized carbons (Fsp3) is 0.333. The molecule has 16 heavy (non-hydrogen) atoms. The summed E-state index contributed by atoms with van der Waals surface area (Å²) in [6.07, 6.45) is 5.85. The summed E-state index contributed by atoms with van der Waals surface area (Å²) in [6.45, 7) is 9.77. The van der Waals surface area contributed by atoms with Gasteiger partial charge in [-0.25, -0.2) is 0 Å². The van der Waals surface area contributed by atoms with Gasteiger partial charge in [-0.3, -0.25) is 0 Å². The Morgan fingerprint density at radius 2 is 1.75 bits per heavy atom. The maximum atomic E-state index is 3.82. The maximum absolute atomic E-state index is 3.82. The van der Waals surface area contributed by atoms with Crippen LogP contribution in [0.3, 0.4) is 0 Å². The van der Waals surface area contributed by atoms with Gasteiger partial charge < -0.3 is 5.32 Å². The summed E-state index contributed by atoms with van der Waals surface area (Å²) < 4.78 is 0. The average molecular weight is 215 g/mol. The van der Waals surface area contributed by atoms with Crippen LogP contribution < -0.4 is 5.32 Å². The summed E-state index contributed by atoms with van der Waals surface area (Å²) in [4.78, 5) is 0. The molecule has 0 radical (unpaired) electrons. The Hall–Kier alpha value is -1.34. The van der Waals surface area contributed by atoms with Gasteiger partial charge in [-0.2, -0.15) is 0 Å². The Morgan fingerprint density at radius 1 is 1.12 bits per heavy atom. The van der Waals surface area contributed by atoms with Crippen LogP contribution in [0.25, 0.3) is 0 Å². The fourth-order valence-electron chi connectivity index (χ4n) is 1.81. The van der Waals surface area contributed by atoms with E-state index in [1.54, 1.807) is 0 Å². The van der Waals surface area contributed by atoms with E-state index in [2.05, 4.69) is 49.7 Å². The molecule has 0 saturated carbocycles. The Kier molecular flexibility index (Phi) is 5.58. The van der Waals surface area contributed by atoms with Crippen molar-refractivity contribution >= 4 is 0 Å². The normalized spacial score (nSPS) is 14.1. The lowest BCUT2D eigenvalue weighted by Gasteiger charge is -2.22. The minimum atomic E-state index is 0.355. The van der Waals surface area contributed by atoms with E-state index in [-0.39, 0.29) is 0 Å². The van der Waals surface area contributed by atoms with Crippen molar-refractivity contribution in [1.82, 2.24) is 5.32 Å². The van der Waals surface area contributed by atoms with Crippen molar-refractivity contribution < 1.29 is 0 Å². The summed E-state index contributed by atoms with van der Waals surface area (Å²) in [6, 6.07) is 11.3. The van der Waals surface area contributed by atoms with Crippen LogP contribution in [-0.2, 0) is 0 Å². The van der Waals surface area contributed by atoms with Crippen molar-refractivity contribution in [2.75, 3.05) is 0 Å². The molecule has 1 aromatic rings. The van der Waals surface area contributed by atoms with E-state index in [0.717, 1.165) is 12.8 Å². The molecule has 86 valence electrons. The standard InChI is InChI=1S/C15H21N/c1-4-9-13(3)16-15(10-5-2)14-11-7-6-8-12-14/h4-8,11-13,15-16H,1-2,9-10H2,3H3. The summed E-state index contributed by atoms with van der Waals surface area (Å²) in [5, 5.41) is 3.59. The van der Waals surface area contributed by atoms with E-state index in [4.69, 9.17) is 0 Å². The predicted molar refractivity (Wildman–Crippen MR) is 71.4 cm³/mol. The highest BCUT2D eigenvalue weighted by molar-refractivity contribution is 5.19. The van der Waals surface area contributed by atoms with Crippen molar-refractivity contribution in [1.29, 1.82) is 0 Å². The van der Waals surface area contributed by atoms with Crippen LogP contribution in [0.15, 0.2) is 55.6 Å². The zero-order valence-electron chi connectivity index (χ0n) is 10.0. The number of rotatable bonds is 7. The number of hydrogen-bond acceptors (Lipinski definition) is 1. The van der Waals surface area contributed by atoms with Crippen LogP contribution in [0, 0.1) is 0 Å². The molecule has 0 saturated heterocycles. The highest BCUT2D eigenvalue weighted by atomic mass is 14.9. The minimum absolute atomic E-state index is 0.355. The molecule has 2 unspecified atom stereocenters. The lowest BCUT2D eigenvalue weighted by molar-refractivity contribution is 0.460. The topological polar surface area (TPSA) is 12.0 Å². The Labute approximate surface area is 98.9 Å². The maximum Gasteiger partial charge on any atom is 0.0357 e. The molecule has 0 fully saturated rings. The van der Waals surface area contributed by atoms with Gasteiger partial charge in [0, 0.05) is 12.1 Å². The van der Waals surface area contributed by atoms with Crippen LogP contribution in [0.2, 0.25) is 0 Å². The van der Waals surface area contributed by atoms with Gasteiger partial charge in [0.05, 0.1) is 0 Å². The first-order chi connectivity index (χ1) is 7.77. The van der Waals surface area contributed by atoms with Gasteiger partial charge in [-0.15, -0.1) is 13.2 Å². The second-order valence-corrected chi connectivity index (χ2v) is 4.08. The highest BCUT2D eigenvalue weighted by Crippen LogP contribution is 2.18. The lowest BCUT2D eigenvalue weighted by Crippen LogP contribution is -2.29. The number of hydrogen-bond donors (Lipinski definition) is 1. The van der Waals surface area contributed by atoms with Crippen LogP contribution >= 0.6 is 0 Å². The zero-order valence-corrected chi connectivity index (χ0v) is 10.0. The number of nitrogens with one attached hydrogen (secondary N) is 1. The van der Waals surface area contributed by atoms with E-state index in [0.29, 0.717) is 12.1 Å². The second kappa shape index (κ2) is 7.02. The first-order valence-electron chi connectivity index (χ1n) is 5.80. The molecular weight excluding hydrogens is 194 g/mol. The molecule has 0 aliphatic heterocycles. The smallest absolute Gasteiger partial charge is 0.0357 e. The van der Waals surface area contributed by atoms with E-state index >= 15 is 0 Å². The van der Waals surface area contributed by atoms with Gasteiger partial charge in [-0.05, 0) is 25.3 Å². The van der Waals surface area contributed by atoms with Gasteiger partial charge in [0.15, 0.2) is 0 Å². The summed E-state index contributed by atoms with van der Waals surface area (Å²) >= 11 is 0. The average Bonchev–Trinajstić information content (AvgIpc) is 2.30. The third-order valence-corrected chi connectivity index (χ3v) is 2.61. The van der Waals surface area contributed by atoms with Crippen molar-refractivity contribution in [2.45, 2.75) is 31.8 Å². The van der Waals surface area contributed by atoms with Gasteiger partial charge in [-0.1, -0.05) is 42.5 Å². The monoisotopic (exact) mass is 215 g/mol. The molecule has 0 aromatic heterocycles. The molecular formula is C15H21N. The first kappa shape index (κ1) is 12.7. The lowest BCUT2D eigenvalue weighted by atomic mass is 10.0. The Balaban J connectivity index is 2.67. The van der Waals surface area contributed by atoms with Crippen molar-refractivity contribution in [2.24, 2.45) is 0 Å². The quantitative estimate of drug-likeness (QED) is 0.681. The Morgan fingerprint density at radius 3 is 2.31 bits per heavy atom. The molecule has 1 rings (SSSR count). The predicted octanol–water partition coefficient (Wildman–Crippen LogP) is 3.86. The summed E-state index contributed by atoms with van der Waals surface area (Å²) in [5.74, 6) is 0. The molecule has 0 heterocycles. The molecule has 0 bridgehead atoms. The van der Waals surface area contributed by atoms with Crippen molar-refractivity contribution in [3.05, 3.63) is 61.2 Å².